The largest absolute Gasteiger partial charge is 0.309 e. The Bertz CT molecular complexity index is 6650. The second-order valence-corrected chi connectivity index (χ2v) is 25.2. The van der Waals surface area contributed by atoms with Gasteiger partial charge in [0.15, 0.2) is 0 Å². The smallest absolute Gasteiger partial charge is 0.0998 e. The van der Waals surface area contributed by atoms with Crippen molar-refractivity contribution < 1.29 is 0 Å². The summed E-state index contributed by atoms with van der Waals surface area (Å²) in [5.41, 5.74) is 17.7. The molecule has 21 aromatic rings. The molecule has 21 rings (SSSR count). The fourth-order valence-corrected chi connectivity index (χ4v) is 16.0. The highest BCUT2D eigenvalue weighted by Crippen LogP contribution is 2.47. The van der Waals surface area contributed by atoms with Gasteiger partial charge in [0.2, 0.25) is 0 Å². The van der Waals surface area contributed by atoms with E-state index in [-0.39, 0.29) is 0 Å². The van der Waals surface area contributed by atoms with Crippen LogP contribution in [0.5, 0.6) is 0 Å². The van der Waals surface area contributed by atoms with Crippen LogP contribution >= 0.6 is 0 Å². The minimum atomic E-state index is 0.708. The molecule has 0 saturated heterocycles. The van der Waals surface area contributed by atoms with Crippen molar-refractivity contribution in [3.8, 4) is 68.0 Å². The minimum absolute atomic E-state index is 0.708. The molecular formula is C89H49N5. The number of benzene rings is 18. The molecule has 0 fully saturated rings. The van der Waals surface area contributed by atoms with Crippen molar-refractivity contribution in [1.82, 2.24) is 14.1 Å². The topological polar surface area (TPSA) is 70.3 Å². The second kappa shape index (κ2) is 19.8. The monoisotopic (exact) mass is 1190 g/mol. The van der Waals surface area contributed by atoms with E-state index < -0.39 is 0 Å². The van der Waals surface area contributed by atoms with Gasteiger partial charge in [-0.2, -0.15) is 10.5 Å². The number of hydrogen-bond acceptors (Lipinski definition) is 3. The molecule has 0 unspecified atom stereocenters. The van der Waals surface area contributed by atoms with E-state index in [1.54, 1.807) is 0 Å². The molecule has 0 spiro atoms. The van der Waals surface area contributed by atoms with E-state index in [4.69, 9.17) is 0 Å². The number of pyridine rings is 1. The molecule has 0 radical (unpaired) electrons. The van der Waals surface area contributed by atoms with Crippen molar-refractivity contribution >= 4 is 141 Å². The van der Waals surface area contributed by atoms with Crippen molar-refractivity contribution in [3.05, 3.63) is 309 Å². The fraction of sp³-hybridized carbons (Fsp3) is 0. The minimum Gasteiger partial charge on any atom is -0.309 e. The van der Waals surface area contributed by atoms with Gasteiger partial charge in [0, 0.05) is 61.6 Å². The normalized spacial score (nSPS) is 12.0. The Morgan fingerprint density at radius 3 is 0.979 bits per heavy atom. The number of nitrogens with zero attached hydrogens (tertiary/aromatic N) is 5. The molecule has 5 heteroatoms. The Labute approximate surface area is 538 Å². The van der Waals surface area contributed by atoms with Crippen LogP contribution in [-0.4, -0.2) is 14.1 Å². The summed E-state index contributed by atoms with van der Waals surface area (Å²) in [5, 5.41) is 46.7. The predicted octanol–water partition coefficient (Wildman–Crippen LogP) is 23.5. The van der Waals surface area contributed by atoms with Gasteiger partial charge in [-0.1, -0.05) is 152 Å². The summed E-state index contributed by atoms with van der Waals surface area (Å²) >= 11 is 0. The van der Waals surface area contributed by atoms with E-state index in [1.807, 2.05) is 30.6 Å². The maximum absolute atomic E-state index is 9.93. The van der Waals surface area contributed by atoms with Crippen LogP contribution in [0, 0.1) is 22.7 Å². The molecule has 430 valence electrons. The summed E-state index contributed by atoms with van der Waals surface area (Å²) in [5.74, 6) is 0. The lowest BCUT2D eigenvalue weighted by molar-refractivity contribution is 1.18. The van der Waals surface area contributed by atoms with Crippen LogP contribution in [0.15, 0.2) is 298 Å². The van der Waals surface area contributed by atoms with Crippen molar-refractivity contribution in [2.24, 2.45) is 0 Å². The van der Waals surface area contributed by atoms with E-state index in [0.717, 1.165) is 60.5 Å². The standard InChI is InChI=1S/C47H26N2.C42H23N3/c48-27-36-17-19-42-47-41(36)18-16-35-25-39(26-43(46(35)47)49(42)40-8-2-1-3-9-40)38-23-33-14-12-31-21-37(22-32-13-15-34(24-38)45(33)44(31)32)30-11-10-28-6-4-5-7-29(28)20-30;43-23-30-13-15-37-42-36(30)14-12-29-21-34(22-38(41(29)42)45(37)35-6-2-1-3-7-35)33-19-27-10-8-25-17-32(31-5-4-16-44-24-31)18-26-9-11-28(20-33)40(27)39(25)26/h1-26H;1-22,24H. The molecule has 0 aliphatic rings. The summed E-state index contributed by atoms with van der Waals surface area (Å²) in [6.07, 6.45) is 3.75. The van der Waals surface area contributed by atoms with E-state index in [1.165, 1.54) is 136 Å². The summed E-state index contributed by atoms with van der Waals surface area (Å²) in [4.78, 5) is 4.34. The zero-order valence-electron chi connectivity index (χ0n) is 50.5. The molecular weight excluding hydrogens is 1140 g/mol. The Hall–Kier alpha value is -12.9. The lowest BCUT2D eigenvalue weighted by Crippen LogP contribution is -1.93. The third-order valence-electron chi connectivity index (χ3n) is 20.1. The van der Waals surface area contributed by atoms with Gasteiger partial charge in [-0.3, -0.25) is 4.98 Å². The van der Waals surface area contributed by atoms with Crippen molar-refractivity contribution in [2.45, 2.75) is 0 Å². The van der Waals surface area contributed by atoms with E-state index in [0.29, 0.717) is 11.1 Å². The van der Waals surface area contributed by atoms with Gasteiger partial charge in [0.05, 0.1) is 45.3 Å². The van der Waals surface area contributed by atoms with Crippen molar-refractivity contribution in [1.29, 1.82) is 10.5 Å². The first-order chi connectivity index (χ1) is 46.5. The van der Waals surface area contributed by atoms with Crippen LogP contribution in [0.25, 0.3) is 196 Å². The van der Waals surface area contributed by atoms with Crippen LogP contribution in [0.2, 0.25) is 0 Å². The predicted molar refractivity (Wildman–Crippen MR) is 393 cm³/mol. The van der Waals surface area contributed by atoms with Crippen LogP contribution in [0.4, 0.5) is 0 Å². The average molecular weight is 1190 g/mol. The molecule has 0 amide bonds. The van der Waals surface area contributed by atoms with Gasteiger partial charge in [-0.15, -0.1) is 0 Å². The first kappa shape index (κ1) is 51.9. The van der Waals surface area contributed by atoms with Crippen LogP contribution in [0.3, 0.4) is 0 Å². The molecule has 0 aliphatic heterocycles. The number of nitriles is 2. The highest BCUT2D eigenvalue weighted by atomic mass is 15.0. The molecule has 3 heterocycles. The summed E-state index contributed by atoms with van der Waals surface area (Å²) in [6.45, 7) is 0. The lowest BCUT2D eigenvalue weighted by atomic mass is 9.89. The quantitative estimate of drug-likeness (QED) is 0.156. The summed E-state index contributed by atoms with van der Waals surface area (Å²) in [7, 11) is 0. The molecule has 0 aliphatic carbocycles. The van der Waals surface area contributed by atoms with Crippen LogP contribution in [-0.2, 0) is 0 Å². The van der Waals surface area contributed by atoms with Gasteiger partial charge < -0.3 is 9.13 Å². The summed E-state index contributed by atoms with van der Waals surface area (Å²) in [6, 6.07) is 108. The van der Waals surface area contributed by atoms with Crippen LogP contribution < -0.4 is 0 Å². The zero-order valence-corrected chi connectivity index (χ0v) is 50.5. The van der Waals surface area contributed by atoms with Gasteiger partial charge in [0.25, 0.3) is 0 Å². The third-order valence-corrected chi connectivity index (χ3v) is 20.1. The summed E-state index contributed by atoms with van der Waals surface area (Å²) < 4.78 is 4.70. The number of para-hydroxylation sites is 2. The number of rotatable bonds is 6. The highest BCUT2D eigenvalue weighted by Gasteiger charge is 2.23. The molecule has 18 aromatic carbocycles. The van der Waals surface area contributed by atoms with E-state index >= 15 is 0 Å². The Kier molecular flexibility index (Phi) is 10.9. The molecule has 0 saturated carbocycles. The van der Waals surface area contributed by atoms with Gasteiger partial charge in [-0.25, -0.2) is 0 Å². The molecule has 0 bridgehead atoms. The fourth-order valence-electron chi connectivity index (χ4n) is 16.0. The molecule has 0 atom stereocenters. The highest BCUT2D eigenvalue weighted by molar-refractivity contribution is 6.30. The average Bonchev–Trinajstić information content (AvgIpc) is 1.55. The van der Waals surface area contributed by atoms with E-state index in [9.17, 15) is 10.5 Å². The first-order valence-electron chi connectivity index (χ1n) is 31.9. The Morgan fingerprint density at radius 1 is 0.234 bits per heavy atom. The van der Waals surface area contributed by atoms with Crippen molar-refractivity contribution in [2.75, 3.05) is 0 Å². The van der Waals surface area contributed by atoms with Crippen molar-refractivity contribution in [3.63, 3.8) is 0 Å². The Balaban J connectivity index is 0.000000130. The van der Waals surface area contributed by atoms with Gasteiger partial charge >= 0.3 is 0 Å². The zero-order chi connectivity index (χ0) is 61.9. The molecule has 5 nitrogen and oxygen atoms in total. The maximum Gasteiger partial charge on any atom is 0.0998 e. The first-order valence-corrected chi connectivity index (χ1v) is 31.9. The number of fused-ring (bicyclic) bond motifs is 1. The Morgan fingerprint density at radius 2 is 0.574 bits per heavy atom. The number of hydrogen-bond donors (Lipinski definition) is 0. The lowest BCUT2D eigenvalue weighted by Gasteiger charge is -2.15. The van der Waals surface area contributed by atoms with E-state index in [2.05, 4.69) is 293 Å². The van der Waals surface area contributed by atoms with Gasteiger partial charge in [0.1, 0.15) is 0 Å². The SMILES string of the molecule is N#Cc1ccc2c3c1ccc1cc(-c4cc5ccc6cc(-c7ccc8ccccc8c7)cc7ccc(c4)c5c67)cc(c13)n2-c1ccccc1.N#Cc1ccc2c3c1ccc1cc(-c4cc5ccc6cc(-c7cccnc7)cc7ccc(c4)c5c67)cc(c13)n2-c1ccccc1. The third kappa shape index (κ3) is 7.65. The maximum atomic E-state index is 9.93. The van der Waals surface area contributed by atoms with Crippen LogP contribution in [0.1, 0.15) is 11.1 Å². The van der Waals surface area contributed by atoms with Gasteiger partial charge in [-0.05, 0) is 259 Å². The molecule has 3 aromatic heterocycles. The molecule has 0 N–H and O–H groups in total. The molecule has 94 heavy (non-hydrogen) atoms. The second-order valence-electron chi connectivity index (χ2n) is 25.2. The number of aromatic nitrogens is 3.